The predicted molar refractivity (Wildman–Crippen MR) is 52.9 cm³/mol. The first-order chi connectivity index (χ1) is 6.74. The molecule has 0 radical (unpaired) electrons. The van der Waals surface area contributed by atoms with Crippen molar-refractivity contribution >= 4 is 11.6 Å². The van der Waals surface area contributed by atoms with Gasteiger partial charge in [0.15, 0.2) is 5.82 Å². The van der Waals surface area contributed by atoms with Gasteiger partial charge in [-0.1, -0.05) is 0 Å². The van der Waals surface area contributed by atoms with Crippen LogP contribution in [0.2, 0.25) is 0 Å². The maximum atomic E-state index is 5.85. The van der Waals surface area contributed by atoms with E-state index in [2.05, 4.69) is 20.7 Å². The largest absolute Gasteiger partial charge is 0.309 e. The first-order valence-corrected chi connectivity index (χ1v) is 5.27. The highest BCUT2D eigenvalue weighted by Gasteiger charge is 2.41. The zero-order valence-electron chi connectivity index (χ0n) is 8.20. The summed E-state index contributed by atoms with van der Waals surface area (Å²) in [5, 5.41) is 15.0. The smallest absolute Gasteiger partial charge is 0.188 e. The quantitative estimate of drug-likeness (QED) is 0.719. The van der Waals surface area contributed by atoms with Crippen LogP contribution in [0.15, 0.2) is 0 Å². The van der Waals surface area contributed by atoms with Crippen molar-refractivity contribution in [1.29, 1.82) is 0 Å². The summed E-state index contributed by atoms with van der Waals surface area (Å²) in [6, 6.07) is 0. The lowest BCUT2D eigenvalue weighted by Crippen LogP contribution is -2.25. The summed E-state index contributed by atoms with van der Waals surface area (Å²) in [5.41, 5.74) is 0.351. The highest BCUT2D eigenvalue weighted by Crippen LogP contribution is 2.45. The average Bonchev–Trinajstić information content (AvgIpc) is 2.84. The number of rotatable bonds is 5. The Morgan fingerprint density at radius 1 is 1.57 bits per heavy atom. The Bertz CT molecular complexity index is 306. The number of hydrogen-bond acceptors (Lipinski definition) is 4. The number of nitrogens with zero attached hydrogens (tertiary/aromatic N) is 4. The first-order valence-electron chi connectivity index (χ1n) is 4.74. The van der Waals surface area contributed by atoms with Crippen molar-refractivity contribution in [2.75, 3.05) is 12.4 Å². The molecule has 0 bridgehead atoms. The molecule has 1 fully saturated rings. The second-order valence-corrected chi connectivity index (χ2v) is 4.20. The number of halogens is 1. The molecule has 1 aromatic rings. The van der Waals surface area contributed by atoms with E-state index in [4.69, 9.17) is 11.6 Å². The van der Waals surface area contributed by atoms with Gasteiger partial charge in [0.25, 0.3) is 0 Å². The third-order valence-corrected chi connectivity index (χ3v) is 3.14. The Balaban J connectivity index is 1.73. The fourth-order valence-corrected chi connectivity index (χ4v) is 1.73. The van der Waals surface area contributed by atoms with Gasteiger partial charge in [-0.15, -0.1) is 21.8 Å². The molecule has 1 heterocycles. The van der Waals surface area contributed by atoms with Crippen molar-refractivity contribution in [3.8, 4) is 0 Å². The molecule has 0 spiro atoms. The van der Waals surface area contributed by atoms with Crippen molar-refractivity contribution in [2.45, 2.75) is 19.4 Å². The zero-order valence-corrected chi connectivity index (χ0v) is 8.96. The summed E-state index contributed by atoms with van der Waals surface area (Å²) in [7, 11) is 1.76. The molecule has 78 valence electrons. The molecule has 0 unspecified atom stereocenters. The van der Waals surface area contributed by atoms with Gasteiger partial charge >= 0.3 is 0 Å². The molecular weight excluding hydrogens is 202 g/mol. The van der Waals surface area contributed by atoms with Gasteiger partial charge in [-0.25, -0.2) is 0 Å². The Hall–Kier alpha value is -0.680. The lowest BCUT2D eigenvalue weighted by Gasteiger charge is -2.10. The van der Waals surface area contributed by atoms with Crippen LogP contribution in [0.25, 0.3) is 0 Å². The number of hydrogen-bond donors (Lipinski definition) is 1. The van der Waals surface area contributed by atoms with Crippen molar-refractivity contribution in [2.24, 2.45) is 12.5 Å². The molecule has 0 aliphatic heterocycles. The van der Waals surface area contributed by atoms with E-state index in [1.165, 1.54) is 17.6 Å². The fraction of sp³-hybridized carbons (Fsp3) is 0.875. The molecule has 1 N–H and O–H groups in total. The fourth-order valence-electron chi connectivity index (χ4n) is 1.37. The number of tetrazole rings is 1. The first kappa shape index (κ1) is 9.86. The van der Waals surface area contributed by atoms with E-state index in [1.54, 1.807) is 7.05 Å². The summed E-state index contributed by atoms with van der Waals surface area (Å²) in [5.74, 6) is 1.48. The number of nitrogens with one attached hydrogen (secondary N) is 1. The SMILES string of the molecule is Cn1nnc(CNCC2(CCl)CC2)n1. The molecule has 1 saturated carbocycles. The van der Waals surface area contributed by atoms with Gasteiger partial charge in [0, 0.05) is 12.4 Å². The highest BCUT2D eigenvalue weighted by molar-refractivity contribution is 6.18. The lowest BCUT2D eigenvalue weighted by molar-refractivity contribution is 0.497. The minimum absolute atomic E-state index is 0.351. The molecule has 1 aromatic heterocycles. The molecule has 0 saturated heterocycles. The third kappa shape index (κ3) is 2.22. The Labute approximate surface area is 87.8 Å². The van der Waals surface area contributed by atoms with E-state index in [0.29, 0.717) is 12.0 Å². The molecule has 1 aliphatic carbocycles. The normalized spacial score (nSPS) is 18.4. The van der Waals surface area contributed by atoms with Crippen molar-refractivity contribution in [3.63, 3.8) is 0 Å². The zero-order chi connectivity index (χ0) is 10.0. The minimum atomic E-state index is 0.351. The molecule has 0 aromatic carbocycles. The topological polar surface area (TPSA) is 55.6 Å². The molecule has 2 rings (SSSR count). The standard InChI is InChI=1S/C8H14ClN5/c1-14-12-7(11-13-14)4-10-6-8(5-9)2-3-8/h10H,2-6H2,1H3. The second kappa shape index (κ2) is 3.82. The molecular formula is C8H14ClN5. The van der Waals surface area contributed by atoms with Crippen LogP contribution >= 0.6 is 11.6 Å². The van der Waals surface area contributed by atoms with Crippen molar-refractivity contribution < 1.29 is 0 Å². The van der Waals surface area contributed by atoms with Crippen LogP contribution in [0.3, 0.4) is 0 Å². The van der Waals surface area contributed by atoms with Crippen molar-refractivity contribution in [1.82, 2.24) is 25.5 Å². The van der Waals surface area contributed by atoms with E-state index in [0.717, 1.165) is 18.2 Å². The summed E-state index contributed by atoms with van der Waals surface area (Å²) < 4.78 is 0. The Kier molecular flexibility index (Phi) is 2.69. The molecule has 6 heteroatoms. The van der Waals surface area contributed by atoms with Gasteiger partial charge in [-0.3, -0.25) is 0 Å². The maximum Gasteiger partial charge on any atom is 0.188 e. The van der Waals surface area contributed by atoms with Crippen LogP contribution < -0.4 is 5.32 Å². The van der Waals surface area contributed by atoms with Crippen LogP contribution in [-0.2, 0) is 13.6 Å². The molecule has 0 amide bonds. The molecule has 1 aliphatic rings. The Morgan fingerprint density at radius 2 is 2.36 bits per heavy atom. The summed E-state index contributed by atoms with van der Waals surface area (Å²) in [6.07, 6.45) is 2.47. The number of aromatic nitrogens is 4. The van der Waals surface area contributed by atoms with Gasteiger partial charge in [0.1, 0.15) is 0 Å². The summed E-state index contributed by atoms with van der Waals surface area (Å²) >= 11 is 5.85. The minimum Gasteiger partial charge on any atom is -0.309 e. The van der Waals surface area contributed by atoms with Crippen molar-refractivity contribution in [3.05, 3.63) is 5.82 Å². The number of alkyl halides is 1. The monoisotopic (exact) mass is 215 g/mol. The lowest BCUT2D eigenvalue weighted by atomic mass is 10.1. The maximum absolute atomic E-state index is 5.85. The van der Waals surface area contributed by atoms with Gasteiger partial charge in [0.2, 0.25) is 0 Å². The van der Waals surface area contributed by atoms with Crippen LogP contribution in [0.4, 0.5) is 0 Å². The van der Waals surface area contributed by atoms with E-state index in [9.17, 15) is 0 Å². The van der Waals surface area contributed by atoms with Crippen LogP contribution in [0.1, 0.15) is 18.7 Å². The van der Waals surface area contributed by atoms with E-state index >= 15 is 0 Å². The van der Waals surface area contributed by atoms with Gasteiger partial charge in [-0.2, -0.15) is 4.80 Å². The second-order valence-electron chi connectivity index (χ2n) is 3.93. The van der Waals surface area contributed by atoms with Gasteiger partial charge in [-0.05, 0) is 23.5 Å². The Morgan fingerprint density at radius 3 is 2.86 bits per heavy atom. The van der Waals surface area contributed by atoms with Gasteiger partial charge in [0.05, 0.1) is 13.6 Å². The summed E-state index contributed by atoms with van der Waals surface area (Å²) in [6.45, 7) is 1.63. The third-order valence-electron chi connectivity index (χ3n) is 2.57. The number of aryl methyl sites for hydroxylation is 1. The van der Waals surface area contributed by atoms with E-state index in [-0.39, 0.29) is 0 Å². The van der Waals surface area contributed by atoms with Gasteiger partial charge < -0.3 is 5.32 Å². The molecule has 0 atom stereocenters. The van der Waals surface area contributed by atoms with E-state index < -0.39 is 0 Å². The molecule has 14 heavy (non-hydrogen) atoms. The van der Waals surface area contributed by atoms with Crippen LogP contribution in [0.5, 0.6) is 0 Å². The molecule has 5 nitrogen and oxygen atoms in total. The highest BCUT2D eigenvalue weighted by atomic mass is 35.5. The predicted octanol–water partition coefficient (Wildman–Crippen LogP) is 0.319. The van der Waals surface area contributed by atoms with Crippen LogP contribution in [-0.4, -0.2) is 32.6 Å². The van der Waals surface area contributed by atoms with E-state index in [1.807, 2.05) is 0 Å². The summed E-state index contributed by atoms with van der Waals surface area (Å²) in [4.78, 5) is 1.46. The van der Waals surface area contributed by atoms with Crippen LogP contribution in [0, 0.1) is 5.41 Å². The average molecular weight is 216 g/mol.